The van der Waals surface area contributed by atoms with Crippen LogP contribution in [0.25, 0.3) is 0 Å². The fourth-order valence-electron chi connectivity index (χ4n) is 4.64. The number of hydrogen-bond acceptors (Lipinski definition) is 3. The maximum Gasteiger partial charge on any atom is 0.273 e. The van der Waals surface area contributed by atoms with Gasteiger partial charge in [-0.25, -0.2) is 0 Å². The monoisotopic (exact) mass is 456 g/mol. The lowest BCUT2D eigenvalue weighted by atomic mass is 9.90. The summed E-state index contributed by atoms with van der Waals surface area (Å²) in [5.74, 6) is -0.316. The third-order valence-corrected chi connectivity index (χ3v) is 7.15. The predicted octanol–water partition coefficient (Wildman–Crippen LogP) is 4.70. The van der Waals surface area contributed by atoms with E-state index in [0.717, 1.165) is 36.9 Å². The smallest absolute Gasteiger partial charge is 0.273 e. The van der Waals surface area contributed by atoms with Crippen LogP contribution in [0.2, 0.25) is 5.02 Å². The minimum absolute atomic E-state index is 0.122. The maximum atomic E-state index is 13.7. The van der Waals surface area contributed by atoms with Gasteiger partial charge in [0.25, 0.3) is 5.91 Å². The van der Waals surface area contributed by atoms with Crippen LogP contribution in [-0.2, 0) is 23.3 Å². The fourth-order valence-corrected chi connectivity index (χ4v) is 4.84. The Morgan fingerprint density at radius 2 is 1.91 bits per heavy atom. The van der Waals surface area contributed by atoms with Crippen LogP contribution in [0.5, 0.6) is 0 Å². The van der Waals surface area contributed by atoms with Crippen molar-refractivity contribution in [2.24, 2.45) is 0 Å². The first kappa shape index (κ1) is 22.8. The van der Waals surface area contributed by atoms with Crippen molar-refractivity contribution in [3.63, 3.8) is 0 Å². The van der Waals surface area contributed by atoms with E-state index >= 15 is 0 Å². The number of rotatable bonds is 4. The Bertz CT molecular complexity index is 1020. The first-order valence-corrected chi connectivity index (χ1v) is 11.9. The molecule has 0 bridgehead atoms. The van der Waals surface area contributed by atoms with Gasteiger partial charge in [-0.05, 0) is 37.5 Å². The second-order valence-electron chi connectivity index (χ2n) is 10.4. The van der Waals surface area contributed by atoms with Gasteiger partial charge in [-0.2, -0.15) is 5.10 Å². The molecule has 6 nitrogen and oxygen atoms in total. The minimum Gasteiger partial charge on any atom is -0.351 e. The van der Waals surface area contributed by atoms with Crippen LogP contribution in [0.1, 0.15) is 81.5 Å². The molecule has 7 heteroatoms. The van der Waals surface area contributed by atoms with Crippen molar-refractivity contribution in [2.75, 3.05) is 0 Å². The van der Waals surface area contributed by atoms with Gasteiger partial charge in [-0.3, -0.25) is 14.3 Å². The summed E-state index contributed by atoms with van der Waals surface area (Å²) in [5, 5.41) is 8.55. The maximum absolute atomic E-state index is 13.7. The van der Waals surface area contributed by atoms with Gasteiger partial charge in [0.1, 0.15) is 11.2 Å². The van der Waals surface area contributed by atoms with Crippen LogP contribution < -0.4 is 5.32 Å². The number of fused-ring (bicyclic) bond motifs is 1. The van der Waals surface area contributed by atoms with Crippen LogP contribution >= 0.6 is 11.6 Å². The molecule has 1 saturated carbocycles. The number of benzene rings is 1. The third-order valence-electron chi connectivity index (χ3n) is 6.78. The molecule has 1 fully saturated rings. The molecule has 1 aromatic heterocycles. The molecule has 172 valence electrons. The molecule has 0 unspecified atom stereocenters. The van der Waals surface area contributed by atoms with Crippen molar-refractivity contribution >= 4 is 23.4 Å². The molecule has 1 N–H and O–H groups in total. The van der Waals surface area contributed by atoms with E-state index in [-0.39, 0.29) is 29.8 Å². The van der Waals surface area contributed by atoms with Crippen LogP contribution in [0.15, 0.2) is 30.3 Å². The van der Waals surface area contributed by atoms with E-state index < -0.39 is 5.54 Å². The van der Waals surface area contributed by atoms with Gasteiger partial charge in [-0.15, -0.1) is 0 Å². The lowest BCUT2D eigenvalue weighted by molar-refractivity contribution is -0.134. The molecular weight excluding hydrogens is 424 g/mol. The molecule has 1 aliphatic carbocycles. The van der Waals surface area contributed by atoms with Crippen LogP contribution in [0.3, 0.4) is 0 Å². The molecule has 1 aromatic carbocycles. The van der Waals surface area contributed by atoms with Gasteiger partial charge in [0.2, 0.25) is 5.91 Å². The molecule has 0 spiro atoms. The van der Waals surface area contributed by atoms with Gasteiger partial charge in [0.15, 0.2) is 0 Å². The van der Waals surface area contributed by atoms with E-state index in [1.54, 1.807) is 9.58 Å². The van der Waals surface area contributed by atoms with E-state index in [2.05, 4.69) is 26.1 Å². The summed E-state index contributed by atoms with van der Waals surface area (Å²) in [6.07, 6.45) is 5.44. The quantitative estimate of drug-likeness (QED) is 0.725. The molecule has 2 aromatic rings. The number of nitrogens with zero attached hydrogens (tertiary/aromatic N) is 3. The SMILES string of the molecule is CC(C)(C)c1cc2n(n1)C[C@](C)(C(=O)NC1CCCCC1)N(Cc1ccccc1Cl)C2=O. The highest BCUT2D eigenvalue weighted by molar-refractivity contribution is 6.31. The molecule has 0 radical (unpaired) electrons. The number of halogens is 1. The van der Waals surface area contributed by atoms with Crippen LogP contribution in [0, 0.1) is 0 Å². The Labute approximate surface area is 195 Å². The minimum atomic E-state index is -1.07. The van der Waals surface area contributed by atoms with E-state index in [4.69, 9.17) is 16.7 Å². The lowest BCUT2D eigenvalue weighted by Crippen LogP contribution is -2.64. The number of hydrogen-bond donors (Lipinski definition) is 1. The summed E-state index contributed by atoms with van der Waals surface area (Å²) >= 11 is 6.43. The predicted molar refractivity (Wildman–Crippen MR) is 126 cm³/mol. The second-order valence-corrected chi connectivity index (χ2v) is 10.8. The molecule has 2 aliphatic rings. The van der Waals surface area contributed by atoms with Gasteiger partial charge < -0.3 is 10.2 Å². The Kier molecular flexibility index (Phi) is 6.10. The summed E-state index contributed by atoms with van der Waals surface area (Å²) < 4.78 is 1.71. The van der Waals surface area contributed by atoms with E-state index in [1.165, 1.54) is 6.42 Å². The fraction of sp³-hybridized carbons (Fsp3) is 0.560. The Morgan fingerprint density at radius 3 is 2.56 bits per heavy atom. The van der Waals surface area contributed by atoms with Gasteiger partial charge >= 0.3 is 0 Å². The molecule has 2 heterocycles. The molecular formula is C25H33ClN4O2. The van der Waals surface area contributed by atoms with Gasteiger partial charge in [-0.1, -0.05) is 69.8 Å². The summed E-state index contributed by atoms with van der Waals surface area (Å²) in [6.45, 7) is 8.64. The Morgan fingerprint density at radius 1 is 1.22 bits per heavy atom. The summed E-state index contributed by atoms with van der Waals surface area (Å²) in [6, 6.07) is 9.50. The number of aromatic nitrogens is 2. The van der Waals surface area contributed by atoms with Crippen molar-refractivity contribution < 1.29 is 9.59 Å². The molecule has 2 amide bonds. The average Bonchev–Trinajstić information content (AvgIpc) is 3.17. The Hall–Kier alpha value is -2.34. The number of nitrogens with one attached hydrogen (secondary N) is 1. The van der Waals surface area contributed by atoms with Gasteiger partial charge in [0, 0.05) is 23.0 Å². The van der Waals surface area contributed by atoms with E-state index in [9.17, 15) is 9.59 Å². The molecule has 32 heavy (non-hydrogen) atoms. The zero-order valence-corrected chi connectivity index (χ0v) is 20.2. The highest BCUT2D eigenvalue weighted by atomic mass is 35.5. The topological polar surface area (TPSA) is 67.2 Å². The molecule has 1 atom stereocenters. The van der Waals surface area contributed by atoms with Crippen molar-refractivity contribution in [2.45, 2.75) is 89.9 Å². The number of carbonyl (C=O) groups is 2. The summed E-state index contributed by atoms with van der Waals surface area (Å²) in [5.41, 5.74) is 0.921. The van der Waals surface area contributed by atoms with Crippen LogP contribution in [-0.4, -0.2) is 38.1 Å². The molecule has 1 aliphatic heterocycles. The summed E-state index contributed by atoms with van der Waals surface area (Å²) in [4.78, 5) is 29.1. The Balaban J connectivity index is 1.72. The first-order valence-electron chi connectivity index (χ1n) is 11.5. The van der Waals surface area contributed by atoms with E-state index in [0.29, 0.717) is 17.3 Å². The van der Waals surface area contributed by atoms with Crippen LogP contribution in [0.4, 0.5) is 0 Å². The third kappa shape index (κ3) is 4.29. The van der Waals surface area contributed by atoms with Crippen molar-refractivity contribution in [1.82, 2.24) is 20.0 Å². The largest absolute Gasteiger partial charge is 0.351 e. The second kappa shape index (κ2) is 8.54. The summed E-state index contributed by atoms with van der Waals surface area (Å²) in [7, 11) is 0. The van der Waals surface area contributed by atoms with E-state index in [1.807, 2.05) is 37.3 Å². The average molecular weight is 457 g/mol. The van der Waals surface area contributed by atoms with Crippen molar-refractivity contribution in [3.05, 3.63) is 52.3 Å². The van der Waals surface area contributed by atoms with Gasteiger partial charge in [0.05, 0.1) is 12.2 Å². The zero-order valence-electron chi connectivity index (χ0n) is 19.4. The van der Waals surface area contributed by atoms with Crippen molar-refractivity contribution in [3.8, 4) is 0 Å². The number of carbonyl (C=O) groups excluding carboxylic acids is 2. The normalized spacial score (nSPS) is 22.0. The molecule has 0 saturated heterocycles. The standard InChI is InChI=1S/C25H33ClN4O2/c1-24(2,3)21-14-20-22(31)29(15-17-10-8-9-13-19(17)26)25(4,16-30(20)28-21)23(32)27-18-11-6-5-7-12-18/h8-10,13-14,18H,5-7,11-12,15-16H2,1-4H3,(H,27,32)/t25-/m1/s1. The highest BCUT2D eigenvalue weighted by Gasteiger charge is 2.48. The first-order chi connectivity index (χ1) is 15.1. The number of amides is 2. The lowest BCUT2D eigenvalue weighted by Gasteiger charge is -2.44. The molecule has 4 rings (SSSR count). The van der Waals surface area contributed by atoms with Crippen molar-refractivity contribution in [1.29, 1.82) is 0 Å². The highest BCUT2D eigenvalue weighted by Crippen LogP contribution is 2.33. The zero-order chi connectivity index (χ0) is 23.1.